The second kappa shape index (κ2) is 8.62. The third-order valence-electron chi connectivity index (χ3n) is 3.74. The number of nitrogens with zero attached hydrogens (tertiary/aromatic N) is 4. The van der Waals surface area contributed by atoms with E-state index in [4.69, 9.17) is 0 Å². The fourth-order valence-corrected chi connectivity index (χ4v) is 3.35. The molecule has 0 fully saturated rings. The van der Waals surface area contributed by atoms with Crippen LogP contribution in [0.25, 0.3) is 11.4 Å². The first-order valence-electron chi connectivity index (χ1n) is 8.50. The van der Waals surface area contributed by atoms with Gasteiger partial charge in [-0.3, -0.25) is 9.78 Å². The van der Waals surface area contributed by atoms with E-state index in [-0.39, 0.29) is 11.7 Å². The molecule has 3 aromatic rings. The van der Waals surface area contributed by atoms with Gasteiger partial charge in [-0.1, -0.05) is 30.8 Å². The third-order valence-corrected chi connectivity index (χ3v) is 4.70. The molecule has 26 heavy (non-hydrogen) atoms. The molecule has 0 atom stereocenters. The normalized spacial score (nSPS) is 10.7. The highest BCUT2D eigenvalue weighted by atomic mass is 32.2. The minimum atomic E-state index is -0.0582. The number of rotatable bonds is 7. The molecular formula is C19H21N5OS. The highest BCUT2D eigenvalue weighted by molar-refractivity contribution is 7.99. The Hall–Kier alpha value is -2.67. The standard InChI is InChI=1S/C19H21N5OS/c1-3-11-24-18(15-7-9-20-10-8-15)22-23-19(24)26-13-17(25)21-16-6-4-5-14(2)12-16/h4-10,12H,3,11,13H2,1-2H3,(H,21,25). The van der Waals surface area contributed by atoms with Crippen LogP contribution >= 0.6 is 11.8 Å². The topological polar surface area (TPSA) is 72.7 Å². The van der Waals surface area contributed by atoms with Crippen LogP contribution in [-0.2, 0) is 11.3 Å². The van der Waals surface area contributed by atoms with Crippen LogP contribution in [0.1, 0.15) is 18.9 Å². The maximum absolute atomic E-state index is 12.2. The number of aryl methyl sites for hydroxylation is 1. The summed E-state index contributed by atoms with van der Waals surface area (Å²) in [7, 11) is 0. The van der Waals surface area contributed by atoms with E-state index in [2.05, 4.69) is 32.0 Å². The zero-order valence-corrected chi connectivity index (χ0v) is 15.7. The van der Waals surface area contributed by atoms with Crippen molar-refractivity contribution in [2.24, 2.45) is 0 Å². The summed E-state index contributed by atoms with van der Waals surface area (Å²) in [6.45, 7) is 4.90. The predicted molar refractivity (Wildman–Crippen MR) is 104 cm³/mol. The fraction of sp³-hybridized carbons (Fsp3) is 0.263. The highest BCUT2D eigenvalue weighted by Crippen LogP contribution is 2.24. The van der Waals surface area contributed by atoms with Gasteiger partial charge >= 0.3 is 0 Å². The second-order valence-electron chi connectivity index (χ2n) is 5.90. The quantitative estimate of drug-likeness (QED) is 0.643. The van der Waals surface area contributed by atoms with Crippen molar-refractivity contribution >= 4 is 23.4 Å². The number of nitrogens with one attached hydrogen (secondary N) is 1. The Morgan fingerprint density at radius 2 is 2.00 bits per heavy atom. The lowest BCUT2D eigenvalue weighted by Gasteiger charge is -2.09. The molecule has 1 aromatic carbocycles. The van der Waals surface area contributed by atoms with E-state index in [1.54, 1.807) is 12.4 Å². The van der Waals surface area contributed by atoms with Gasteiger partial charge in [-0.15, -0.1) is 10.2 Å². The Balaban J connectivity index is 1.69. The van der Waals surface area contributed by atoms with Crippen LogP contribution in [-0.4, -0.2) is 31.4 Å². The molecule has 0 saturated heterocycles. The van der Waals surface area contributed by atoms with Gasteiger partial charge in [0.1, 0.15) is 0 Å². The predicted octanol–water partition coefficient (Wildman–Crippen LogP) is 3.79. The van der Waals surface area contributed by atoms with Crippen LogP contribution in [0.3, 0.4) is 0 Å². The van der Waals surface area contributed by atoms with Crippen molar-refractivity contribution < 1.29 is 4.79 Å². The number of thioether (sulfide) groups is 1. The number of aromatic nitrogens is 4. The molecule has 0 saturated carbocycles. The molecule has 0 aliphatic carbocycles. The number of carbonyl (C=O) groups excluding carboxylic acids is 1. The van der Waals surface area contributed by atoms with E-state index in [1.165, 1.54) is 11.8 Å². The van der Waals surface area contributed by atoms with Crippen molar-refractivity contribution in [3.05, 3.63) is 54.4 Å². The molecule has 3 rings (SSSR count). The van der Waals surface area contributed by atoms with Gasteiger partial charge in [-0.25, -0.2) is 0 Å². The van der Waals surface area contributed by atoms with Crippen LogP contribution in [0.5, 0.6) is 0 Å². The summed E-state index contributed by atoms with van der Waals surface area (Å²) < 4.78 is 2.06. The average Bonchev–Trinajstić information content (AvgIpc) is 3.04. The molecule has 0 aliphatic heterocycles. The van der Waals surface area contributed by atoms with Crippen molar-refractivity contribution in [3.8, 4) is 11.4 Å². The zero-order valence-electron chi connectivity index (χ0n) is 14.8. The Morgan fingerprint density at radius 3 is 2.73 bits per heavy atom. The smallest absolute Gasteiger partial charge is 0.234 e. The van der Waals surface area contributed by atoms with Gasteiger partial charge in [0.05, 0.1) is 5.75 Å². The molecule has 6 nitrogen and oxygen atoms in total. The van der Waals surface area contributed by atoms with Crippen LogP contribution in [0.15, 0.2) is 53.9 Å². The number of hydrogen-bond acceptors (Lipinski definition) is 5. The minimum Gasteiger partial charge on any atom is -0.325 e. The summed E-state index contributed by atoms with van der Waals surface area (Å²) in [5.41, 5.74) is 2.89. The maximum Gasteiger partial charge on any atom is 0.234 e. The van der Waals surface area contributed by atoms with Gasteiger partial charge in [-0.2, -0.15) is 0 Å². The summed E-state index contributed by atoms with van der Waals surface area (Å²) >= 11 is 1.40. The van der Waals surface area contributed by atoms with Crippen LogP contribution in [0.2, 0.25) is 0 Å². The molecule has 0 radical (unpaired) electrons. The first kappa shape index (κ1) is 18.1. The van der Waals surface area contributed by atoms with Crippen molar-refractivity contribution in [2.45, 2.75) is 32.0 Å². The molecule has 1 amide bonds. The SMILES string of the molecule is CCCn1c(SCC(=O)Nc2cccc(C)c2)nnc1-c1ccncc1. The molecule has 0 spiro atoms. The lowest BCUT2D eigenvalue weighted by molar-refractivity contribution is -0.113. The van der Waals surface area contributed by atoms with Gasteiger partial charge < -0.3 is 9.88 Å². The molecule has 0 bridgehead atoms. The third kappa shape index (κ3) is 4.49. The number of hydrogen-bond donors (Lipinski definition) is 1. The molecule has 0 unspecified atom stereocenters. The van der Waals surface area contributed by atoms with E-state index in [0.717, 1.165) is 40.8 Å². The monoisotopic (exact) mass is 367 g/mol. The molecule has 7 heteroatoms. The van der Waals surface area contributed by atoms with Crippen molar-refractivity contribution in [2.75, 3.05) is 11.1 Å². The number of amides is 1. The average molecular weight is 367 g/mol. The molecule has 2 heterocycles. The van der Waals surface area contributed by atoms with Gasteiger partial charge in [0.2, 0.25) is 5.91 Å². The minimum absolute atomic E-state index is 0.0582. The Labute approximate surface area is 157 Å². The maximum atomic E-state index is 12.2. The largest absolute Gasteiger partial charge is 0.325 e. The fourth-order valence-electron chi connectivity index (χ4n) is 2.59. The summed E-state index contributed by atoms with van der Waals surface area (Å²) in [6, 6.07) is 11.6. The molecule has 134 valence electrons. The number of benzene rings is 1. The van der Waals surface area contributed by atoms with E-state index >= 15 is 0 Å². The molecule has 0 aliphatic rings. The van der Waals surface area contributed by atoms with Gasteiger partial charge in [0.15, 0.2) is 11.0 Å². The molecular weight excluding hydrogens is 346 g/mol. The van der Waals surface area contributed by atoms with Gasteiger partial charge in [0.25, 0.3) is 0 Å². The number of carbonyl (C=O) groups is 1. The van der Waals surface area contributed by atoms with Crippen LogP contribution < -0.4 is 5.32 Å². The number of anilines is 1. The van der Waals surface area contributed by atoms with E-state index < -0.39 is 0 Å². The Bertz CT molecular complexity index is 879. The summed E-state index contributed by atoms with van der Waals surface area (Å²) in [5.74, 6) is 1.03. The van der Waals surface area contributed by atoms with Crippen molar-refractivity contribution in [1.29, 1.82) is 0 Å². The first-order chi connectivity index (χ1) is 12.7. The summed E-state index contributed by atoms with van der Waals surface area (Å²) in [5, 5.41) is 12.3. The van der Waals surface area contributed by atoms with E-state index in [9.17, 15) is 4.79 Å². The van der Waals surface area contributed by atoms with Crippen molar-refractivity contribution in [3.63, 3.8) is 0 Å². The Morgan fingerprint density at radius 1 is 1.19 bits per heavy atom. The van der Waals surface area contributed by atoms with E-state index in [1.807, 2.05) is 43.3 Å². The van der Waals surface area contributed by atoms with Gasteiger partial charge in [-0.05, 0) is 43.2 Å². The van der Waals surface area contributed by atoms with Crippen LogP contribution in [0.4, 0.5) is 5.69 Å². The molecule has 1 N–H and O–H groups in total. The molecule has 2 aromatic heterocycles. The van der Waals surface area contributed by atoms with Gasteiger partial charge in [0, 0.05) is 30.2 Å². The summed E-state index contributed by atoms with van der Waals surface area (Å²) in [6.07, 6.45) is 4.43. The Kier molecular flexibility index (Phi) is 6.01. The summed E-state index contributed by atoms with van der Waals surface area (Å²) in [4.78, 5) is 16.3. The van der Waals surface area contributed by atoms with E-state index in [0.29, 0.717) is 0 Å². The zero-order chi connectivity index (χ0) is 18.4. The first-order valence-corrected chi connectivity index (χ1v) is 9.49. The van der Waals surface area contributed by atoms with Crippen LogP contribution in [0, 0.1) is 6.92 Å². The highest BCUT2D eigenvalue weighted by Gasteiger charge is 2.15. The number of pyridine rings is 1. The van der Waals surface area contributed by atoms with Crippen molar-refractivity contribution in [1.82, 2.24) is 19.7 Å². The lowest BCUT2D eigenvalue weighted by atomic mass is 10.2. The second-order valence-corrected chi connectivity index (χ2v) is 6.84. The lowest BCUT2D eigenvalue weighted by Crippen LogP contribution is -2.14.